The highest BCUT2D eigenvalue weighted by atomic mass is 32.1. The number of aryl methyl sites for hydroxylation is 1. The van der Waals surface area contributed by atoms with Gasteiger partial charge in [-0.3, -0.25) is 9.59 Å². The Morgan fingerprint density at radius 1 is 1.31 bits per heavy atom. The van der Waals surface area contributed by atoms with Crippen LogP contribution in [0.1, 0.15) is 34.1 Å². The van der Waals surface area contributed by atoms with E-state index in [1.165, 1.54) is 11.3 Å². The lowest BCUT2D eigenvalue weighted by Gasteiger charge is -2.17. The number of thiophene rings is 1. The van der Waals surface area contributed by atoms with Gasteiger partial charge in [-0.25, -0.2) is 4.79 Å². The van der Waals surface area contributed by atoms with E-state index >= 15 is 0 Å². The summed E-state index contributed by atoms with van der Waals surface area (Å²) in [5.74, 6) is -0.721. The zero-order valence-corrected chi connectivity index (χ0v) is 17.7. The van der Waals surface area contributed by atoms with Gasteiger partial charge in [-0.15, -0.1) is 11.3 Å². The fourth-order valence-electron chi connectivity index (χ4n) is 3.29. The Balaban J connectivity index is 1.76. The maximum Gasteiger partial charge on any atom is 0.341 e. The molecule has 1 aromatic heterocycles. The number of amides is 2. The van der Waals surface area contributed by atoms with Gasteiger partial charge in [-0.1, -0.05) is 6.07 Å². The van der Waals surface area contributed by atoms with E-state index in [1.807, 2.05) is 19.9 Å². The molecular formula is C21H24N2O5S. The van der Waals surface area contributed by atoms with Gasteiger partial charge in [-0.2, -0.15) is 0 Å². The number of ether oxygens (including phenoxy) is 2. The number of rotatable bonds is 6. The first kappa shape index (κ1) is 20.9. The van der Waals surface area contributed by atoms with Crippen LogP contribution in [0, 0.1) is 19.8 Å². The number of carbonyl (C=O) groups excluding carboxylic acids is 3. The summed E-state index contributed by atoms with van der Waals surface area (Å²) in [5, 5.41) is 3.31. The molecule has 7 nitrogen and oxygen atoms in total. The van der Waals surface area contributed by atoms with Gasteiger partial charge < -0.3 is 19.7 Å². The second-order valence-corrected chi connectivity index (χ2v) is 8.03. The molecule has 1 N–H and O–H groups in total. The molecule has 0 saturated carbocycles. The molecule has 1 aliphatic heterocycles. The fraction of sp³-hybridized carbons (Fsp3) is 0.381. The van der Waals surface area contributed by atoms with Gasteiger partial charge in [-0.05, 0) is 38.5 Å². The van der Waals surface area contributed by atoms with E-state index in [2.05, 4.69) is 5.32 Å². The van der Waals surface area contributed by atoms with E-state index in [1.54, 1.807) is 37.1 Å². The average molecular weight is 416 g/mol. The molecule has 1 saturated heterocycles. The summed E-state index contributed by atoms with van der Waals surface area (Å²) in [6.45, 7) is 5.99. The molecule has 29 heavy (non-hydrogen) atoms. The molecular weight excluding hydrogens is 392 g/mol. The van der Waals surface area contributed by atoms with Crippen molar-refractivity contribution >= 4 is 39.8 Å². The SMILES string of the molecule is CCOC(=O)c1c(NC(=O)C2CC(=O)N(c3cccc(OC)c3)C2)sc(C)c1C. The van der Waals surface area contributed by atoms with Gasteiger partial charge in [0.2, 0.25) is 11.8 Å². The van der Waals surface area contributed by atoms with E-state index in [9.17, 15) is 14.4 Å². The molecule has 2 amide bonds. The molecule has 1 aromatic carbocycles. The van der Waals surface area contributed by atoms with Gasteiger partial charge >= 0.3 is 5.97 Å². The Kier molecular flexibility index (Phi) is 6.22. The molecule has 1 fully saturated rings. The Labute approximate surface area is 173 Å². The van der Waals surface area contributed by atoms with Crippen LogP contribution < -0.4 is 15.0 Å². The third-order valence-corrected chi connectivity index (χ3v) is 6.09. The summed E-state index contributed by atoms with van der Waals surface area (Å²) in [6, 6.07) is 7.18. The third-order valence-electron chi connectivity index (χ3n) is 4.96. The number of nitrogens with one attached hydrogen (secondary N) is 1. The van der Waals surface area contributed by atoms with Crippen molar-refractivity contribution in [2.45, 2.75) is 27.2 Å². The number of benzene rings is 1. The lowest BCUT2D eigenvalue weighted by molar-refractivity contribution is -0.122. The van der Waals surface area contributed by atoms with Crippen molar-refractivity contribution in [3.63, 3.8) is 0 Å². The summed E-state index contributed by atoms with van der Waals surface area (Å²) >= 11 is 1.34. The standard InChI is InChI=1S/C21H24N2O5S/c1-5-28-21(26)18-12(2)13(3)29-20(18)22-19(25)14-9-17(24)23(11-14)15-7-6-8-16(10-15)27-4/h6-8,10,14H,5,9,11H2,1-4H3,(H,22,25). The van der Waals surface area contributed by atoms with Crippen LogP contribution in [0.2, 0.25) is 0 Å². The highest BCUT2D eigenvalue weighted by Crippen LogP contribution is 2.34. The molecule has 1 aliphatic rings. The van der Waals surface area contributed by atoms with Crippen LogP contribution in [0.25, 0.3) is 0 Å². The summed E-state index contributed by atoms with van der Waals surface area (Å²) < 4.78 is 10.3. The van der Waals surface area contributed by atoms with E-state index in [0.717, 1.165) is 10.4 Å². The quantitative estimate of drug-likeness (QED) is 0.728. The Morgan fingerprint density at radius 2 is 2.07 bits per heavy atom. The zero-order chi connectivity index (χ0) is 21.1. The van der Waals surface area contributed by atoms with Crippen LogP contribution in [0.4, 0.5) is 10.7 Å². The predicted molar refractivity (Wildman–Crippen MR) is 112 cm³/mol. The normalized spacial score (nSPS) is 16.1. The monoisotopic (exact) mass is 416 g/mol. The molecule has 1 unspecified atom stereocenters. The summed E-state index contributed by atoms with van der Waals surface area (Å²) in [4.78, 5) is 40.2. The predicted octanol–water partition coefficient (Wildman–Crippen LogP) is 3.54. The minimum atomic E-state index is -0.508. The van der Waals surface area contributed by atoms with Crippen molar-refractivity contribution in [2.24, 2.45) is 5.92 Å². The molecule has 1 atom stereocenters. The number of anilines is 2. The minimum absolute atomic E-state index is 0.112. The van der Waals surface area contributed by atoms with Crippen molar-refractivity contribution in [2.75, 3.05) is 30.5 Å². The maximum atomic E-state index is 12.9. The number of hydrogen-bond acceptors (Lipinski definition) is 6. The molecule has 2 aromatic rings. The van der Waals surface area contributed by atoms with Crippen LogP contribution in [0.5, 0.6) is 5.75 Å². The van der Waals surface area contributed by atoms with Gasteiger partial charge in [0.15, 0.2) is 0 Å². The molecule has 3 rings (SSSR count). The first-order valence-electron chi connectivity index (χ1n) is 9.38. The minimum Gasteiger partial charge on any atom is -0.497 e. The van der Waals surface area contributed by atoms with Gasteiger partial charge in [0.25, 0.3) is 0 Å². The summed E-state index contributed by atoms with van der Waals surface area (Å²) in [5.41, 5.74) is 1.88. The summed E-state index contributed by atoms with van der Waals surface area (Å²) in [7, 11) is 1.56. The van der Waals surface area contributed by atoms with Gasteiger partial charge in [0.1, 0.15) is 10.8 Å². The van der Waals surface area contributed by atoms with Gasteiger partial charge in [0.05, 0.1) is 25.2 Å². The molecule has 0 aliphatic carbocycles. The number of methoxy groups -OCH3 is 1. The lowest BCUT2D eigenvalue weighted by atomic mass is 10.1. The average Bonchev–Trinajstić information content (AvgIpc) is 3.22. The van der Waals surface area contributed by atoms with Crippen LogP contribution in [-0.4, -0.2) is 38.0 Å². The fourth-order valence-corrected chi connectivity index (χ4v) is 4.34. The van der Waals surface area contributed by atoms with E-state index < -0.39 is 11.9 Å². The van der Waals surface area contributed by atoms with Crippen LogP contribution in [0.15, 0.2) is 24.3 Å². The lowest BCUT2D eigenvalue weighted by Crippen LogP contribution is -2.28. The first-order valence-corrected chi connectivity index (χ1v) is 10.2. The van der Waals surface area contributed by atoms with Crippen molar-refractivity contribution in [1.29, 1.82) is 0 Å². The Bertz CT molecular complexity index is 953. The van der Waals surface area contributed by atoms with Crippen molar-refractivity contribution in [3.8, 4) is 5.75 Å². The van der Waals surface area contributed by atoms with Crippen LogP contribution >= 0.6 is 11.3 Å². The number of nitrogens with zero attached hydrogens (tertiary/aromatic N) is 1. The topological polar surface area (TPSA) is 84.9 Å². The van der Waals surface area contributed by atoms with E-state index in [-0.39, 0.29) is 31.4 Å². The van der Waals surface area contributed by atoms with Crippen molar-refractivity contribution in [3.05, 3.63) is 40.3 Å². The highest BCUT2D eigenvalue weighted by Gasteiger charge is 2.36. The van der Waals surface area contributed by atoms with Crippen molar-refractivity contribution in [1.82, 2.24) is 0 Å². The van der Waals surface area contributed by atoms with Crippen LogP contribution in [0.3, 0.4) is 0 Å². The second-order valence-electron chi connectivity index (χ2n) is 6.80. The zero-order valence-electron chi connectivity index (χ0n) is 16.9. The molecule has 2 heterocycles. The largest absolute Gasteiger partial charge is 0.497 e. The maximum absolute atomic E-state index is 12.9. The van der Waals surface area contributed by atoms with Crippen LogP contribution in [-0.2, 0) is 14.3 Å². The van der Waals surface area contributed by atoms with Crippen molar-refractivity contribution < 1.29 is 23.9 Å². The number of hydrogen-bond donors (Lipinski definition) is 1. The molecule has 154 valence electrons. The highest BCUT2D eigenvalue weighted by molar-refractivity contribution is 7.16. The number of esters is 1. The summed E-state index contributed by atoms with van der Waals surface area (Å²) in [6.07, 6.45) is 0.112. The third kappa shape index (κ3) is 4.27. The van der Waals surface area contributed by atoms with E-state index in [4.69, 9.17) is 9.47 Å². The molecule has 0 bridgehead atoms. The Morgan fingerprint density at radius 3 is 2.76 bits per heavy atom. The molecule has 8 heteroatoms. The Hall–Kier alpha value is -2.87. The molecule has 0 radical (unpaired) electrons. The van der Waals surface area contributed by atoms with Gasteiger partial charge in [0, 0.05) is 29.6 Å². The first-order chi connectivity index (χ1) is 13.8. The smallest absolute Gasteiger partial charge is 0.341 e. The number of carbonyl (C=O) groups is 3. The van der Waals surface area contributed by atoms with E-state index in [0.29, 0.717) is 22.0 Å². The molecule has 0 spiro atoms. The second kappa shape index (κ2) is 8.65.